The maximum Gasteiger partial charge on any atom is 0.253 e. The molecule has 120 valence electrons. The second-order valence-corrected chi connectivity index (χ2v) is 6.28. The first-order valence-corrected chi connectivity index (χ1v) is 7.42. The molecule has 23 heavy (non-hydrogen) atoms. The second-order valence-electron chi connectivity index (χ2n) is 6.28. The highest BCUT2D eigenvalue weighted by molar-refractivity contribution is 5.96. The number of nitrogens with one attached hydrogen (secondary N) is 1. The lowest BCUT2D eigenvalue weighted by atomic mass is 10.1. The Balaban J connectivity index is 2.39. The van der Waals surface area contributed by atoms with E-state index in [0.717, 1.165) is 17.1 Å². The molecule has 0 saturated carbocycles. The van der Waals surface area contributed by atoms with Gasteiger partial charge in [0.1, 0.15) is 0 Å². The van der Waals surface area contributed by atoms with Gasteiger partial charge >= 0.3 is 0 Å². The molecule has 0 aliphatic carbocycles. The fraction of sp³-hybridized carbons (Fsp3) is 0.333. The molecule has 5 nitrogen and oxygen atoms in total. The van der Waals surface area contributed by atoms with E-state index in [9.17, 15) is 9.90 Å². The molecule has 0 radical (unpaired) electrons. The number of aliphatic hydroxyl groups excluding tert-OH is 1. The van der Waals surface area contributed by atoms with Crippen LogP contribution >= 0.6 is 0 Å². The first-order chi connectivity index (χ1) is 10.8. The lowest BCUT2D eigenvalue weighted by Gasteiger charge is -2.23. The van der Waals surface area contributed by atoms with Crippen LogP contribution in [0.5, 0.6) is 0 Å². The van der Waals surface area contributed by atoms with Crippen LogP contribution in [0.15, 0.2) is 30.3 Å². The monoisotopic (exact) mass is 311 g/mol. The van der Waals surface area contributed by atoms with Crippen molar-refractivity contribution in [2.24, 2.45) is 0 Å². The highest BCUT2D eigenvalue weighted by atomic mass is 16.3. The van der Waals surface area contributed by atoms with E-state index in [4.69, 9.17) is 5.26 Å². The Kier molecular flexibility index (Phi) is 4.57. The Morgan fingerprint density at radius 1 is 1.30 bits per heavy atom. The summed E-state index contributed by atoms with van der Waals surface area (Å²) < 4.78 is 1.97. The minimum atomic E-state index is -0.673. The maximum atomic E-state index is 12.5. The van der Waals surface area contributed by atoms with Crippen molar-refractivity contribution >= 4 is 5.91 Å². The number of aliphatic hydroxyl groups is 1. The molecular formula is C18H21N3O2. The van der Waals surface area contributed by atoms with Crippen LogP contribution in [-0.2, 0) is 0 Å². The number of rotatable bonds is 4. The van der Waals surface area contributed by atoms with Crippen LogP contribution in [0, 0.1) is 25.2 Å². The van der Waals surface area contributed by atoms with Crippen LogP contribution < -0.4 is 5.32 Å². The van der Waals surface area contributed by atoms with Gasteiger partial charge in [-0.1, -0.05) is 0 Å². The van der Waals surface area contributed by atoms with E-state index >= 15 is 0 Å². The summed E-state index contributed by atoms with van der Waals surface area (Å²) in [6.45, 7) is 7.22. The molecule has 0 aliphatic heterocycles. The Hall–Kier alpha value is -2.58. The second kappa shape index (κ2) is 6.27. The Morgan fingerprint density at radius 3 is 2.43 bits per heavy atom. The maximum absolute atomic E-state index is 12.5. The lowest BCUT2D eigenvalue weighted by Crippen LogP contribution is -2.46. The highest BCUT2D eigenvalue weighted by Crippen LogP contribution is 2.21. The van der Waals surface area contributed by atoms with Crippen molar-refractivity contribution in [1.29, 1.82) is 5.26 Å². The van der Waals surface area contributed by atoms with Crippen LogP contribution in [0.2, 0.25) is 0 Å². The molecule has 1 heterocycles. The largest absolute Gasteiger partial charge is 0.394 e. The zero-order chi connectivity index (χ0) is 17.2. The molecule has 0 fully saturated rings. The quantitative estimate of drug-likeness (QED) is 0.910. The van der Waals surface area contributed by atoms with Gasteiger partial charge in [-0.25, -0.2) is 0 Å². The molecule has 0 atom stereocenters. The van der Waals surface area contributed by atoms with E-state index in [1.807, 2.05) is 36.6 Å². The summed E-state index contributed by atoms with van der Waals surface area (Å²) in [4.78, 5) is 12.5. The molecule has 0 aliphatic rings. The molecule has 1 aromatic heterocycles. The molecular weight excluding hydrogens is 290 g/mol. The summed E-state index contributed by atoms with van der Waals surface area (Å²) in [5, 5.41) is 21.0. The zero-order valence-electron chi connectivity index (χ0n) is 13.8. The Labute approximate surface area is 136 Å². The van der Waals surface area contributed by atoms with Crippen molar-refractivity contribution in [3.05, 3.63) is 52.8 Å². The summed E-state index contributed by atoms with van der Waals surface area (Å²) in [5.74, 6) is -0.211. The molecule has 0 bridgehead atoms. The van der Waals surface area contributed by atoms with Gasteiger partial charge in [0.2, 0.25) is 0 Å². The van der Waals surface area contributed by atoms with Crippen LogP contribution in [0.3, 0.4) is 0 Å². The summed E-state index contributed by atoms with van der Waals surface area (Å²) in [6.07, 6.45) is 0. The van der Waals surface area contributed by atoms with E-state index in [0.29, 0.717) is 11.1 Å². The van der Waals surface area contributed by atoms with Gasteiger partial charge in [-0.15, -0.1) is 0 Å². The number of hydrogen-bond donors (Lipinski definition) is 2. The summed E-state index contributed by atoms with van der Waals surface area (Å²) >= 11 is 0. The molecule has 0 spiro atoms. The number of aromatic nitrogens is 1. The predicted octanol–water partition coefficient (Wildman–Crippen LogP) is 2.47. The van der Waals surface area contributed by atoms with E-state index in [2.05, 4.69) is 11.4 Å². The van der Waals surface area contributed by atoms with Crippen LogP contribution in [0.4, 0.5) is 0 Å². The fourth-order valence-electron chi connectivity index (χ4n) is 2.49. The van der Waals surface area contributed by atoms with Gasteiger partial charge in [0.15, 0.2) is 0 Å². The number of carbonyl (C=O) groups is 1. The van der Waals surface area contributed by atoms with Crippen molar-refractivity contribution in [3.63, 3.8) is 0 Å². The van der Waals surface area contributed by atoms with Crippen molar-refractivity contribution < 1.29 is 9.90 Å². The topological polar surface area (TPSA) is 78.0 Å². The van der Waals surface area contributed by atoms with Crippen molar-refractivity contribution in [2.75, 3.05) is 6.61 Å². The highest BCUT2D eigenvalue weighted by Gasteiger charge is 2.23. The van der Waals surface area contributed by atoms with Crippen LogP contribution in [0.1, 0.15) is 41.2 Å². The van der Waals surface area contributed by atoms with Gasteiger partial charge in [-0.2, -0.15) is 5.26 Å². The number of benzene rings is 1. The van der Waals surface area contributed by atoms with Gasteiger partial charge in [0.05, 0.1) is 29.3 Å². The zero-order valence-corrected chi connectivity index (χ0v) is 13.8. The number of aryl methyl sites for hydroxylation is 1. The van der Waals surface area contributed by atoms with Crippen molar-refractivity contribution in [1.82, 2.24) is 9.88 Å². The third kappa shape index (κ3) is 3.43. The molecule has 0 saturated heterocycles. The third-order valence-corrected chi connectivity index (χ3v) is 3.78. The summed E-state index contributed by atoms with van der Waals surface area (Å²) in [5.41, 5.74) is 3.15. The number of nitriles is 1. The normalized spacial score (nSPS) is 11.1. The number of amides is 1. The lowest BCUT2D eigenvalue weighted by molar-refractivity contribution is 0.0868. The number of nitrogens with zero attached hydrogens (tertiary/aromatic N) is 2. The van der Waals surface area contributed by atoms with Gasteiger partial charge in [-0.05, 0) is 58.0 Å². The van der Waals surface area contributed by atoms with Crippen molar-refractivity contribution in [3.8, 4) is 11.8 Å². The van der Waals surface area contributed by atoms with Gasteiger partial charge in [-0.3, -0.25) is 4.79 Å². The Morgan fingerprint density at radius 2 is 1.91 bits per heavy atom. The smallest absolute Gasteiger partial charge is 0.253 e. The van der Waals surface area contributed by atoms with E-state index in [1.54, 1.807) is 26.0 Å². The summed E-state index contributed by atoms with van der Waals surface area (Å²) in [7, 11) is 0. The fourth-order valence-corrected chi connectivity index (χ4v) is 2.49. The molecule has 2 aromatic rings. The minimum Gasteiger partial charge on any atom is -0.394 e. The van der Waals surface area contributed by atoms with E-state index in [-0.39, 0.29) is 12.5 Å². The third-order valence-electron chi connectivity index (χ3n) is 3.78. The van der Waals surface area contributed by atoms with Crippen LogP contribution in [0.25, 0.3) is 5.69 Å². The molecule has 1 aromatic carbocycles. The molecule has 2 rings (SSSR count). The molecule has 0 unspecified atom stereocenters. The first-order valence-electron chi connectivity index (χ1n) is 7.42. The summed E-state index contributed by atoms with van der Waals surface area (Å²) in [6, 6.07) is 11.1. The number of carbonyl (C=O) groups excluding carboxylic acids is 1. The molecule has 5 heteroatoms. The van der Waals surface area contributed by atoms with E-state index in [1.165, 1.54) is 0 Å². The minimum absolute atomic E-state index is 0.132. The molecule has 2 N–H and O–H groups in total. The molecule has 1 amide bonds. The van der Waals surface area contributed by atoms with Crippen LogP contribution in [-0.4, -0.2) is 27.7 Å². The standard InChI is InChI=1S/C18H21N3O2/c1-12-9-16(17(23)20-18(3,4)11-22)13(2)21(12)15-7-5-14(10-19)6-8-15/h5-9,22H,11H2,1-4H3,(H,20,23). The van der Waals surface area contributed by atoms with Gasteiger partial charge in [0.25, 0.3) is 5.91 Å². The average Bonchev–Trinajstić information content (AvgIpc) is 2.82. The number of hydrogen-bond acceptors (Lipinski definition) is 3. The van der Waals surface area contributed by atoms with Crippen molar-refractivity contribution in [2.45, 2.75) is 33.2 Å². The predicted molar refractivity (Wildman–Crippen MR) is 88.6 cm³/mol. The van der Waals surface area contributed by atoms with E-state index < -0.39 is 5.54 Å². The van der Waals surface area contributed by atoms with Gasteiger partial charge < -0.3 is 15.0 Å². The first kappa shape index (κ1) is 16.8. The average molecular weight is 311 g/mol. The SMILES string of the molecule is Cc1cc(C(=O)NC(C)(C)CO)c(C)n1-c1ccc(C#N)cc1. The Bertz CT molecular complexity index is 765. The van der Waals surface area contributed by atoms with Gasteiger partial charge in [0, 0.05) is 17.1 Å².